The van der Waals surface area contributed by atoms with E-state index in [9.17, 15) is 14.4 Å². The fourth-order valence-electron chi connectivity index (χ4n) is 11.6. The molecule has 598 valence electrons. The Morgan fingerprint density at radius 2 is 0.612 bits per heavy atom. The molecule has 0 aliphatic heterocycles. The van der Waals surface area contributed by atoms with Crippen LogP contribution in [0, 0.1) is 5.92 Å². The summed E-state index contributed by atoms with van der Waals surface area (Å²) in [6, 6.07) is 94.2. The third kappa shape index (κ3) is 29.5. The number of anilines is 4. The van der Waals surface area contributed by atoms with E-state index in [0.29, 0.717) is 50.1 Å². The normalized spacial score (nSPS) is 11.3. The number of allylic oxidation sites excluding steroid dienone is 1. The van der Waals surface area contributed by atoms with E-state index in [1.165, 1.54) is 36.3 Å². The first kappa shape index (κ1) is 85.4. The molecule has 0 radical (unpaired) electrons. The van der Waals surface area contributed by atoms with Crippen molar-refractivity contribution in [3.63, 3.8) is 0 Å². The van der Waals surface area contributed by atoms with Gasteiger partial charge < -0.3 is 63.9 Å². The number of methoxy groups -OCH3 is 1. The van der Waals surface area contributed by atoms with Crippen LogP contribution in [0.3, 0.4) is 0 Å². The van der Waals surface area contributed by atoms with Crippen LogP contribution in [0.15, 0.2) is 303 Å². The average Bonchev–Trinajstić information content (AvgIpc) is 1.42. The van der Waals surface area contributed by atoms with Crippen molar-refractivity contribution in [1.29, 1.82) is 0 Å². The van der Waals surface area contributed by atoms with Gasteiger partial charge in [-0.15, -0.1) is 0 Å². The second-order valence-corrected chi connectivity index (χ2v) is 29.5. The second kappa shape index (κ2) is 43.8. The number of carbonyl (C=O) groups excluding carboxylic acids is 3. The summed E-state index contributed by atoms with van der Waals surface area (Å²) in [4.78, 5) is 34.4. The van der Waals surface area contributed by atoms with Crippen LogP contribution < -0.4 is 59.2 Å². The Labute approximate surface area is 683 Å². The molecule has 3 amide bonds. The lowest BCUT2D eigenvalue weighted by Gasteiger charge is -2.11. The number of ether oxygens (including phenoxy) is 9. The van der Waals surface area contributed by atoms with Crippen molar-refractivity contribution in [3.05, 3.63) is 348 Å². The van der Waals surface area contributed by atoms with Gasteiger partial charge in [0.1, 0.15) is 102 Å². The smallest absolute Gasteiger partial charge is 0.250 e. The molecule has 0 saturated heterocycles. The minimum absolute atomic E-state index is 0.0329. The standard InChI is InChI=1S/C26H27NO3.C25H27NO4.C25H27NO2.C24H25NO3/c1-18(2)20-10-14-23(15-11-20)30-25-5-3-4-24(16-25)29-17-19-6-12-22(13-7-19)27-26(28)21-8-9-21;1-18(2)20-9-13-22(14-10-20)30-24-6-4-5-23(15-24)29-16-19-7-11-21(12-8-19)26-25(27)17-28-3;1-18(2)21-11-13-23(14-12-21)28-25-10-6-9-24(16-25)27-17-20-7-5-8-22(15-20)26-19(3)4;1-17(2)20-9-13-22(14-10-20)28-24-6-4-5-23(15-24)27-16-19-7-11-21(12-8-19)25-18(3)26/h3-7,10-16,18,21H,8-9,17H2,1-2H3,(H,27,28);4-15,18H,16-17H2,1-3H3,(H,26,27);5-16,18,26H,3,17H2,1-2,4H3;4-15,17H,16H2,1-3H3,(H,25,26). The molecule has 13 rings (SSSR count). The van der Waals surface area contributed by atoms with E-state index < -0.39 is 0 Å². The number of amides is 3. The van der Waals surface area contributed by atoms with Crippen molar-refractivity contribution < 1.29 is 57.0 Å². The summed E-state index contributed by atoms with van der Waals surface area (Å²) >= 11 is 0. The fourth-order valence-corrected chi connectivity index (χ4v) is 11.6. The topological polar surface area (TPSA) is 182 Å². The average molecular weight is 1560 g/mol. The van der Waals surface area contributed by atoms with Gasteiger partial charge in [0.15, 0.2) is 0 Å². The number of carbonyl (C=O) groups is 3. The lowest BCUT2D eigenvalue weighted by molar-refractivity contribution is -0.119. The Morgan fingerprint density at radius 3 is 0.905 bits per heavy atom. The Hall–Kier alpha value is -13.1. The second-order valence-electron chi connectivity index (χ2n) is 29.5. The van der Waals surface area contributed by atoms with Gasteiger partial charge in [-0.05, 0) is 234 Å². The predicted octanol–water partition coefficient (Wildman–Crippen LogP) is 25.6. The van der Waals surface area contributed by atoms with E-state index in [-0.39, 0.29) is 30.2 Å². The van der Waals surface area contributed by atoms with Gasteiger partial charge in [-0.2, -0.15) is 0 Å². The van der Waals surface area contributed by atoms with Crippen LogP contribution in [0.25, 0.3) is 0 Å². The van der Waals surface area contributed by atoms with Crippen LogP contribution in [0.2, 0.25) is 0 Å². The molecule has 0 bridgehead atoms. The minimum atomic E-state index is -0.183. The Bertz CT molecular complexity index is 5060. The summed E-state index contributed by atoms with van der Waals surface area (Å²) < 4.78 is 52.3. The molecular formula is C100H106N4O12. The molecule has 1 fully saturated rings. The van der Waals surface area contributed by atoms with Crippen LogP contribution in [-0.2, 0) is 45.5 Å². The van der Waals surface area contributed by atoms with Crippen molar-refractivity contribution in [3.8, 4) is 69.0 Å². The van der Waals surface area contributed by atoms with Crippen molar-refractivity contribution >= 4 is 40.5 Å². The number of hydrogen-bond acceptors (Lipinski definition) is 13. The summed E-state index contributed by atoms with van der Waals surface area (Å²) in [5.74, 6) is 11.2. The fraction of sp³-hybridized carbons (Fsp3) is 0.230. The zero-order valence-corrected chi connectivity index (χ0v) is 68.2. The molecule has 16 heteroatoms. The van der Waals surface area contributed by atoms with E-state index >= 15 is 0 Å². The highest BCUT2D eigenvalue weighted by molar-refractivity contribution is 5.94. The first-order valence-electron chi connectivity index (χ1n) is 39.3. The summed E-state index contributed by atoms with van der Waals surface area (Å²) in [6.07, 6.45) is 2.01. The quantitative estimate of drug-likeness (QED) is 0.0313. The molecule has 1 saturated carbocycles. The van der Waals surface area contributed by atoms with Gasteiger partial charge in [0.05, 0.1) is 0 Å². The third-order valence-electron chi connectivity index (χ3n) is 18.2. The van der Waals surface area contributed by atoms with Gasteiger partial charge >= 0.3 is 0 Å². The van der Waals surface area contributed by atoms with Crippen LogP contribution in [0.4, 0.5) is 22.7 Å². The van der Waals surface area contributed by atoms with Crippen LogP contribution >= 0.6 is 0 Å². The van der Waals surface area contributed by atoms with Crippen molar-refractivity contribution in [2.75, 3.05) is 35.0 Å². The van der Waals surface area contributed by atoms with Crippen molar-refractivity contribution in [2.24, 2.45) is 5.92 Å². The highest BCUT2D eigenvalue weighted by Gasteiger charge is 2.29. The zero-order chi connectivity index (χ0) is 82.1. The van der Waals surface area contributed by atoms with E-state index in [1.807, 2.05) is 244 Å². The van der Waals surface area contributed by atoms with Gasteiger partial charge in [-0.3, -0.25) is 14.4 Å². The first-order chi connectivity index (χ1) is 56.1. The molecule has 0 spiro atoms. The zero-order valence-electron chi connectivity index (χ0n) is 68.2. The number of benzene rings is 12. The molecule has 1 aliphatic carbocycles. The lowest BCUT2D eigenvalue weighted by Crippen LogP contribution is -2.16. The summed E-state index contributed by atoms with van der Waals surface area (Å²) in [5.41, 5.74) is 13.5. The van der Waals surface area contributed by atoms with E-state index in [0.717, 1.165) is 133 Å². The molecule has 12 aromatic rings. The largest absolute Gasteiger partial charge is 0.489 e. The van der Waals surface area contributed by atoms with E-state index in [4.69, 9.17) is 42.6 Å². The summed E-state index contributed by atoms with van der Waals surface area (Å²) in [7, 11) is 1.49. The van der Waals surface area contributed by atoms with Gasteiger partial charge in [0, 0.05) is 72.7 Å². The third-order valence-corrected chi connectivity index (χ3v) is 18.2. The highest BCUT2D eigenvalue weighted by atomic mass is 16.5. The van der Waals surface area contributed by atoms with Gasteiger partial charge in [-0.25, -0.2) is 0 Å². The maximum atomic E-state index is 11.8. The minimum Gasteiger partial charge on any atom is -0.489 e. The molecule has 116 heavy (non-hydrogen) atoms. The Morgan fingerprint density at radius 1 is 0.319 bits per heavy atom. The molecule has 0 heterocycles. The first-order valence-corrected chi connectivity index (χ1v) is 39.3. The van der Waals surface area contributed by atoms with E-state index in [1.54, 1.807) is 0 Å². The number of nitrogens with one attached hydrogen (secondary N) is 4. The predicted molar refractivity (Wildman–Crippen MR) is 466 cm³/mol. The monoisotopic (exact) mass is 1550 g/mol. The molecule has 0 aromatic heterocycles. The summed E-state index contributed by atoms with van der Waals surface area (Å²) in [6.45, 7) is 26.5. The van der Waals surface area contributed by atoms with Gasteiger partial charge in [0.25, 0.3) is 0 Å². The SMILES string of the molecule is C=C(C)Nc1cccc(COc2cccc(Oc3ccc(C(C)C)cc3)c2)c1.CC(=O)Nc1ccc(COc2cccc(Oc3ccc(C(C)C)cc3)c2)cc1.CC(C)c1ccc(Oc2cccc(OCc3ccc(NC(=O)C4CC4)cc3)c2)cc1.COCC(=O)Nc1ccc(COc2cccc(Oc3ccc(C(C)C)cc3)c2)cc1. The molecular weight excluding hydrogens is 1450 g/mol. The van der Waals surface area contributed by atoms with Crippen LogP contribution in [0.5, 0.6) is 69.0 Å². The molecule has 1 aliphatic rings. The number of rotatable bonds is 32. The summed E-state index contributed by atoms with van der Waals surface area (Å²) in [5, 5.41) is 11.7. The van der Waals surface area contributed by atoms with Crippen molar-refractivity contribution in [1.82, 2.24) is 0 Å². The molecule has 4 N–H and O–H groups in total. The van der Waals surface area contributed by atoms with Crippen LogP contribution in [0.1, 0.15) is 150 Å². The molecule has 12 aromatic carbocycles. The van der Waals surface area contributed by atoms with Gasteiger partial charge in [-0.1, -0.05) is 183 Å². The number of hydrogen-bond donors (Lipinski definition) is 4. The van der Waals surface area contributed by atoms with E-state index in [2.05, 4.69) is 138 Å². The highest BCUT2D eigenvalue weighted by Crippen LogP contribution is 2.34. The van der Waals surface area contributed by atoms with Crippen LogP contribution in [-0.4, -0.2) is 31.4 Å². The molecule has 0 unspecified atom stereocenters. The van der Waals surface area contributed by atoms with Gasteiger partial charge in [0.2, 0.25) is 17.7 Å². The maximum absolute atomic E-state index is 11.8. The Balaban J connectivity index is 0.000000163. The van der Waals surface area contributed by atoms with Crippen molar-refractivity contribution in [2.45, 2.75) is 132 Å². The lowest BCUT2D eigenvalue weighted by atomic mass is 10.0. The molecule has 16 nitrogen and oxygen atoms in total. The Kier molecular flexibility index (Phi) is 32.3. The molecule has 0 atom stereocenters. The maximum Gasteiger partial charge on any atom is 0.250 e.